The van der Waals surface area contributed by atoms with Crippen molar-refractivity contribution in [3.8, 4) is 5.75 Å². The Morgan fingerprint density at radius 2 is 1.95 bits per heavy atom. The number of amides is 3. The van der Waals surface area contributed by atoms with Gasteiger partial charge in [0.2, 0.25) is 0 Å². The van der Waals surface area contributed by atoms with Gasteiger partial charge in [-0.3, -0.25) is 10.1 Å². The number of ether oxygens (including phenoxy) is 1. The van der Waals surface area contributed by atoms with Gasteiger partial charge in [-0.25, -0.2) is 4.79 Å². The molecule has 0 spiro atoms. The largest absolute Gasteiger partial charge is 0.494 e. The average Bonchev–Trinajstić information content (AvgIpc) is 2.76. The van der Waals surface area contributed by atoms with E-state index in [-0.39, 0.29) is 11.9 Å². The third-order valence-electron chi connectivity index (χ3n) is 3.21. The fourth-order valence-electron chi connectivity index (χ4n) is 2.14. The van der Waals surface area contributed by atoms with Crippen LogP contribution in [0.25, 0.3) is 0 Å². The van der Waals surface area contributed by atoms with Gasteiger partial charge in [0.05, 0.1) is 6.61 Å². The summed E-state index contributed by atoms with van der Waals surface area (Å²) in [6, 6.07) is 7.24. The van der Waals surface area contributed by atoms with Crippen LogP contribution in [-0.2, 0) is 11.2 Å². The number of nitrogens with one attached hydrogen (secondary N) is 2. The molecule has 0 saturated carbocycles. The highest BCUT2D eigenvalue weighted by atomic mass is 16.5. The number of rotatable bonds is 7. The minimum absolute atomic E-state index is 0.224. The second-order valence-corrected chi connectivity index (χ2v) is 4.90. The van der Waals surface area contributed by atoms with Crippen molar-refractivity contribution in [3.63, 3.8) is 0 Å². The molecule has 1 aliphatic rings. The maximum Gasteiger partial charge on any atom is 0.322 e. The zero-order valence-corrected chi connectivity index (χ0v) is 11.6. The van der Waals surface area contributed by atoms with Crippen LogP contribution in [0.15, 0.2) is 24.3 Å². The molecule has 1 aromatic rings. The van der Waals surface area contributed by atoms with Crippen molar-refractivity contribution in [2.24, 2.45) is 0 Å². The lowest BCUT2D eigenvalue weighted by atomic mass is 10.0. The van der Waals surface area contributed by atoms with Gasteiger partial charge in [-0.05, 0) is 43.4 Å². The molecule has 0 aromatic heterocycles. The highest BCUT2D eigenvalue weighted by molar-refractivity contribution is 6.04. The van der Waals surface area contributed by atoms with Crippen molar-refractivity contribution < 1.29 is 14.3 Å². The topological polar surface area (TPSA) is 67.4 Å². The number of carbonyl (C=O) groups excluding carboxylic acids is 2. The van der Waals surface area contributed by atoms with E-state index in [0.717, 1.165) is 31.6 Å². The third-order valence-corrected chi connectivity index (χ3v) is 3.21. The molecule has 1 aromatic carbocycles. The Morgan fingerprint density at radius 3 is 2.55 bits per heavy atom. The van der Waals surface area contributed by atoms with Crippen molar-refractivity contribution in [2.75, 3.05) is 6.61 Å². The maximum absolute atomic E-state index is 11.4. The van der Waals surface area contributed by atoms with Crippen LogP contribution in [0.1, 0.15) is 31.7 Å². The molecule has 2 rings (SSSR count). The predicted molar refractivity (Wildman–Crippen MR) is 75.6 cm³/mol. The Balaban J connectivity index is 1.74. The van der Waals surface area contributed by atoms with Gasteiger partial charge in [0, 0.05) is 0 Å². The van der Waals surface area contributed by atoms with E-state index in [0.29, 0.717) is 6.42 Å². The first kappa shape index (κ1) is 14.4. The molecule has 2 N–H and O–H groups in total. The summed E-state index contributed by atoms with van der Waals surface area (Å²) in [5.41, 5.74) is 1.21. The van der Waals surface area contributed by atoms with Crippen LogP contribution in [0.5, 0.6) is 5.75 Å². The van der Waals surface area contributed by atoms with Gasteiger partial charge >= 0.3 is 6.03 Å². The highest BCUT2D eigenvalue weighted by Crippen LogP contribution is 2.15. The van der Waals surface area contributed by atoms with Crippen molar-refractivity contribution in [2.45, 2.75) is 38.6 Å². The molecule has 1 saturated heterocycles. The monoisotopic (exact) mass is 276 g/mol. The summed E-state index contributed by atoms with van der Waals surface area (Å²) in [6.07, 6.45) is 3.39. The Bertz CT molecular complexity index is 471. The normalized spacial score (nSPS) is 17.8. The Morgan fingerprint density at radius 1 is 1.20 bits per heavy atom. The summed E-state index contributed by atoms with van der Waals surface area (Å²) in [5, 5.41) is 4.84. The number of urea groups is 1. The molecule has 1 unspecified atom stereocenters. The highest BCUT2D eigenvalue weighted by Gasteiger charge is 2.28. The molecule has 0 aliphatic carbocycles. The molecule has 1 atom stereocenters. The molecule has 5 heteroatoms. The van der Waals surface area contributed by atoms with Crippen LogP contribution >= 0.6 is 0 Å². The molecule has 1 aliphatic heterocycles. The van der Waals surface area contributed by atoms with E-state index in [9.17, 15) is 9.59 Å². The van der Waals surface area contributed by atoms with Gasteiger partial charge in [-0.2, -0.15) is 0 Å². The van der Waals surface area contributed by atoms with E-state index in [1.54, 1.807) is 0 Å². The second kappa shape index (κ2) is 6.93. The van der Waals surface area contributed by atoms with E-state index in [4.69, 9.17) is 4.74 Å². The SMILES string of the molecule is CCCOc1ccc(CCCC2NC(=O)NC2=O)cc1. The lowest BCUT2D eigenvalue weighted by Crippen LogP contribution is -2.28. The van der Waals surface area contributed by atoms with Gasteiger partial charge < -0.3 is 10.1 Å². The van der Waals surface area contributed by atoms with E-state index >= 15 is 0 Å². The van der Waals surface area contributed by atoms with E-state index in [1.807, 2.05) is 24.3 Å². The Kier molecular flexibility index (Phi) is 4.98. The summed E-state index contributed by atoms with van der Waals surface area (Å²) in [6.45, 7) is 2.81. The predicted octanol–water partition coefficient (Wildman–Crippen LogP) is 2.01. The van der Waals surface area contributed by atoms with Crippen molar-refractivity contribution in [1.29, 1.82) is 0 Å². The fraction of sp³-hybridized carbons (Fsp3) is 0.467. The minimum atomic E-state index is -0.391. The van der Waals surface area contributed by atoms with Gasteiger partial charge in [0.15, 0.2) is 0 Å². The van der Waals surface area contributed by atoms with Crippen molar-refractivity contribution in [3.05, 3.63) is 29.8 Å². The van der Waals surface area contributed by atoms with E-state index < -0.39 is 6.03 Å². The molecular weight excluding hydrogens is 256 g/mol. The molecule has 0 radical (unpaired) electrons. The third kappa shape index (κ3) is 3.98. The Labute approximate surface area is 118 Å². The maximum atomic E-state index is 11.4. The standard InChI is InChI=1S/C15H20N2O3/c1-2-10-20-12-8-6-11(7-9-12)4-3-5-13-14(18)17-15(19)16-13/h6-9,13H,2-5,10H2,1H3,(H2,16,17,18,19). The van der Waals surface area contributed by atoms with E-state index in [2.05, 4.69) is 17.6 Å². The first-order valence-electron chi connectivity index (χ1n) is 7.02. The summed E-state index contributed by atoms with van der Waals surface area (Å²) in [4.78, 5) is 22.3. The lowest BCUT2D eigenvalue weighted by Gasteiger charge is -2.08. The molecular formula is C15H20N2O3. The van der Waals surface area contributed by atoms with Crippen LogP contribution in [0.3, 0.4) is 0 Å². The fourth-order valence-corrected chi connectivity index (χ4v) is 2.14. The van der Waals surface area contributed by atoms with Gasteiger partial charge in [0.25, 0.3) is 5.91 Å². The number of carbonyl (C=O) groups is 2. The second-order valence-electron chi connectivity index (χ2n) is 4.90. The zero-order chi connectivity index (χ0) is 14.4. The Hall–Kier alpha value is -2.04. The number of imide groups is 1. The molecule has 3 amide bonds. The average molecular weight is 276 g/mol. The van der Waals surface area contributed by atoms with E-state index in [1.165, 1.54) is 5.56 Å². The van der Waals surface area contributed by atoms with Crippen LogP contribution in [0, 0.1) is 0 Å². The number of aryl methyl sites for hydroxylation is 1. The van der Waals surface area contributed by atoms with Gasteiger partial charge in [0.1, 0.15) is 11.8 Å². The molecule has 0 bridgehead atoms. The number of hydrogen-bond acceptors (Lipinski definition) is 3. The van der Waals surface area contributed by atoms with Crippen LogP contribution in [0.4, 0.5) is 4.79 Å². The van der Waals surface area contributed by atoms with Crippen molar-refractivity contribution in [1.82, 2.24) is 10.6 Å². The summed E-state index contributed by atoms with van der Waals surface area (Å²) in [5.74, 6) is 0.663. The van der Waals surface area contributed by atoms with Crippen LogP contribution in [0.2, 0.25) is 0 Å². The first-order chi connectivity index (χ1) is 9.69. The molecule has 20 heavy (non-hydrogen) atoms. The number of benzene rings is 1. The summed E-state index contributed by atoms with van der Waals surface area (Å²) < 4.78 is 5.52. The molecule has 1 fully saturated rings. The lowest BCUT2D eigenvalue weighted by molar-refractivity contribution is -0.120. The minimum Gasteiger partial charge on any atom is -0.494 e. The first-order valence-corrected chi connectivity index (χ1v) is 7.02. The van der Waals surface area contributed by atoms with Gasteiger partial charge in [-0.15, -0.1) is 0 Å². The van der Waals surface area contributed by atoms with Gasteiger partial charge in [-0.1, -0.05) is 19.1 Å². The quantitative estimate of drug-likeness (QED) is 0.749. The van der Waals surface area contributed by atoms with Crippen LogP contribution in [-0.4, -0.2) is 24.6 Å². The zero-order valence-electron chi connectivity index (χ0n) is 11.6. The van der Waals surface area contributed by atoms with Crippen LogP contribution < -0.4 is 15.4 Å². The number of hydrogen-bond donors (Lipinski definition) is 2. The van der Waals surface area contributed by atoms with Crippen molar-refractivity contribution >= 4 is 11.9 Å². The molecule has 1 heterocycles. The smallest absolute Gasteiger partial charge is 0.322 e. The molecule has 108 valence electrons. The molecule has 5 nitrogen and oxygen atoms in total. The summed E-state index contributed by atoms with van der Waals surface area (Å²) >= 11 is 0. The summed E-state index contributed by atoms with van der Waals surface area (Å²) in [7, 11) is 0.